The first-order chi connectivity index (χ1) is 9.79. The van der Waals surface area contributed by atoms with Gasteiger partial charge in [-0.25, -0.2) is 0 Å². The van der Waals surface area contributed by atoms with Gasteiger partial charge in [-0.2, -0.15) is 0 Å². The van der Waals surface area contributed by atoms with Crippen LogP contribution in [0.5, 0.6) is 5.75 Å². The van der Waals surface area contributed by atoms with E-state index in [1.165, 1.54) is 0 Å². The lowest BCUT2D eigenvalue weighted by Crippen LogP contribution is -2.55. The quantitative estimate of drug-likeness (QED) is 0.860. The van der Waals surface area contributed by atoms with Crippen LogP contribution in [0.25, 0.3) is 0 Å². The average Bonchev–Trinajstić information content (AvgIpc) is 2.43. The fourth-order valence-electron chi connectivity index (χ4n) is 2.40. The number of piperazine rings is 1. The van der Waals surface area contributed by atoms with Crippen LogP contribution in [0.2, 0.25) is 5.02 Å². The van der Waals surface area contributed by atoms with Crippen molar-refractivity contribution >= 4 is 17.5 Å². The molecule has 1 aliphatic rings. The van der Waals surface area contributed by atoms with E-state index in [4.69, 9.17) is 16.3 Å². The normalized spacial score (nSPS) is 16.9. The number of hydrogen-bond donors (Lipinski definition) is 0. The van der Waals surface area contributed by atoms with E-state index >= 15 is 0 Å². The first kappa shape index (κ1) is 16.1. The van der Waals surface area contributed by atoms with E-state index in [9.17, 15) is 4.79 Å². The molecule has 1 aliphatic heterocycles. The molecule has 0 atom stereocenters. The molecule has 0 unspecified atom stereocenters. The molecule has 1 saturated heterocycles. The van der Waals surface area contributed by atoms with Gasteiger partial charge in [-0.1, -0.05) is 17.7 Å². The van der Waals surface area contributed by atoms with E-state index in [0.29, 0.717) is 10.8 Å². The molecular weight excluding hydrogens is 288 g/mol. The van der Waals surface area contributed by atoms with Gasteiger partial charge in [0.2, 0.25) is 0 Å². The molecule has 21 heavy (non-hydrogen) atoms. The number of benzene rings is 1. The van der Waals surface area contributed by atoms with E-state index in [1.807, 2.05) is 24.0 Å². The van der Waals surface area contributed by atoms with Gasteiger partial charge >= 0.3 is 0 Å². The number of likely N-dealkylation sites (N-methyl/N-ethyl adjacent to an activating group) is 1. The van der Waals surface area contributed by atoms with Gasteiger partial charge in [-0.15, -0.1) is 0 Å². The zero-order valence-corrected chi connectivity index (χ0v) is 13.9. The van der Waals surface area contributed by atoms with Crippen molar-refractivity contribution in [2.45, 2.75) is 26.4 Å². The number of ether oxygens (including phenoxy) is 1. The molecular formula is C16H23ClN2O2. The smallest absolute Gasteiger partial charge is 0.266 e. The Balaban J connectivity index is 2.10. The van der Waals surface area contributed by atoms with Crippen LogP contribution in [0.3, 0.4) is 0 Å². The summed E-state index contributed by atoms with van der Waals surface area (Å²) in [5, 5.41) is 0.528. The molecule has 0 radical (unpaired) electrons. The molecule has 1 fully saturated rings. The van der Waals surface area contributed by atoms with E-state index in [-0.39, 0.29) is 5.91 Å². The summed E-state index contributed by atoms with van der Waals surface area (Å²) in [5.74, 6) is 0.567. The summed E-state index contributed by atoms with van der Waals surface area (Å²) < 4.78 is 5.92. The molecule has 1 heterocycles. The molecule has 5 heteroatoms. The van der Waals surface area contributed by atoms with E-state index < -0.39 is 5.60 Å². The fraction of sp³-hybridized carbons (Fsp3) is 0.562. The van der Waals surface area contributed by atoms with Crippen LogP contribution < -0.4 is 4.74 Å². The van der Waals surface area contributed by atoms with Crippen LogP contribution in [0, 0.1) is 6.92 Å². The maximum absolute atomic E-state index is 12.7. The number of rotatable bonds is 3. The van der Waals surface area contributed by atoms with Gasteiger partial charge in [-0.05, 0) is 45.5 Å². The number of halogens is 1. The monoisotopic (exact) mass is 310 g/mol. The van der Waals surface area contributed by atoms with Crippen LogP contribution in [0.4, 0.5) is 0 Å². The number of carbonyl (C=O) groups excluding carboxylic acids is 1. The van der Waals surface area contributed by atoms with Crippen molar-refractivity contribution in [3.8, 4) is 5.75 Å². The standard InChI is InChI=1S/C16H23ClN2O2/c1-12-5-6-13(17)14(11-12)21-16(2,3)15(20)19-9-7-18(4)8-10-19/h5-6,11H,7-10H2,1-4H3. The van der Waals surface area contributed by atoms with Gasteiger partial charge in [0.15, 0.2) is 5.60 Å². The summed E-state index contributed by atoms with van der Waals surface area (Å²) in [4.78, 5) is 16.7. The minimum atomic E-state index is -0.923. The van der Waals surface area contributed by atoms with Crippen molar-refractivity contribution in [1.29, 1.82) is 0 Å². The van der Waals surface area contributed by atoms with Crippen LogP contribution in [0.15, 0.2) is 18.2 Å². The van der Waals surface area contributed by atoms with Crippen molar-refractivity contribution < 1.29 is 9.53 Å². The van der Waals surface area contributed by atoms with Crippen molar-refractivity contribution in [2.24, 2.45) is 0 Å². The second-order valence-electron chi connectivity index (χ2n) is 6.14. The number of carbonyl (C=O) groups is 1. The predicted octanol–water partition coefficient (Wildman–Crippen LogP) is 2.58. The third kappa shape index (κ3) is 3.89. The summed E-state index contributed by atoms with van der Waals surface area (Å²) in [7, 11) is 2.07. The first-order valence-corrected chi connectivity index (χ1v) is 7.60. The van der Waals surface area contributed by atoms with Crippen LogP contribution in [-0.2, 0) is 4.79 Å². The zero-order chi connectivity index (χ0) is 15.6. The number of amides is 1. The first-order valence-electron chi connectivity index (χ1n) is 7.23. The Morgan fingerprint density at radius 3 is 2.48 bits per heavy atom. The molecule has 0 saturated carbocycles. The van der Waals surface area contributed by atoms with Crippen molar-refractivity contribution in [2.75, 3.05) is 33.2 Å². The Morgan fingerprint density at radius 1 is 1.24 bits per heavy atom. The third-order valence-corrected chi connectivity index (χ3v) is 4.07. The fourth-order valence-corrected chi connectivity index (χ4v) is 2.55. The van der Waals surface area contributed by atoms with Gasteiger partial charge in [0.25, 0.3) is 5.91 Å². The predicted molar refractivity (Wildman–Crippen MR) is 85.0 cm³/mol. The summed E-state index contributed by atoms with van der Waals surface area (Å²) in [6.07, 6.45) is 0. The Labute approximate surface area is 131 Å². The van der Waals surface area contributed by atoms with Gasteiger partial charge < -0.3 is 14.5 Å². The summed E-state index contributed by atoms with van der Waals surface area (Å²) >= 11 is 6.16. The molecule has 1 aromatic carbocycles. The Morgan fingerprint density at radius 2 is 1.86 bits per heavy atom. The molecule has 0 bridgehead atoms. The molecule has 0 aromatic heterocycles. The lowest BCUT2D eigenvalue weighted by molar-refractivity contribution is -0.147. The molecule has 4 nitrogen and oxygen atoms in total. The summed E-state index contributed by atoms with van der Waals surface area (Å²) in [5.41, 5.74) is 0.130. The lowest BCUT2D eigenvalue weighted by atomic mass is 10.1. The Kier molecular flexibility index (Phi) is 4.79. The van der Waals surface area contributed by atoms with Crippen molar-refractivity contribution in [1.82, 2.24) is 9.80 Å². The minimum Gasteiger partial charge on any atom is -0.476 e. The highest BCUT2D eigenvalue weighted by Gasteiger charge is 2.35. The highest BCUT2D eigenvalue weighted by Crippen LogP contribution is 2.29. The molecule has 1 aromatic rings. The number of aryl methyl sites for hydroxylation is 1. The SMILES string of the molecule is Cc1ccc(Cl)c(OC(C)(C)C(=O)N2CCN(C)CC2)c1. The highest BCUT2D eigenvalue weighted by molar-refractivity contribution is 6.32. The van der Waals surface area contributed by atoms with E-state index in [2.05, 4.69) is 11.9 Å². The Bertz CT molecular complexity index is 523. The van der Waals surface area contributed by atoms with Gasteiger partial charge in [0.1, 0.15) is 5.75 Å². The topological polar surface area (TPSA) is 32.8 Å². The summed E-state index contributed by atoms with van der Waals surface area (Å²) in [6.45, 7) is 8.84. The number of hydrogen-bond acceptors (Lipinski definition) is 3. The van der Waals surface area contributed by atoms with Gasteiger partial charge in [0.05, 0.1) is 5.02 Å². The van der Waals surface area contributed by atoms with E-state index in [0.717, 1.165) is 31.7 Å². The molecule has 0 spiro atoms. The molecule has 1 amide bonds. The Hall–Kier alpha value is -1.26. The maximum Gasteiger partial charge on any atom is 0.266 e. The largest absolute Gasteiger partial charge is 0.476 e. The van der Waals surface area contributed by atoms with Crippen molar-refractivity contribution in [3.63, 3.8) is 0 Å². The van der Waals surface area contributed by atoms with Gasteiger partial charge in [-0.3, -0.25) is 4.79 Å². The molecule has 2 rings (SSSR count). The third-order valence-electron chi connectivity index (χ3n) is 3.76. The molecule has 0 aliphatic carbocycles. The average molecular weight is 311 g/mol. The van der Waals surface area contributed by atoms with Gasteiger partial charge in [0, 0.05) is 26.2 Å². The lowest BCUT2D eigenvalue weighted by Gasteiger charge is -2.37. The van der Waals surface area contributed by atoms with E-state index in [1.54, 1.807) is 19.9 Å². The number of nitrogens with zero attached hydrogens (tertiary/aromatic N) is 2. The summed E-state index contributed by atoms with van der Waals surface area (Å²) in [6, 6.07) is 5.58. The molecule has 0 N–H and O–H groups in total. The van der Waals surface area contributed by atoms with Crippen LogP contribution >= 0.6 is 11.6 Å². The van der Waals surface area contributed by atoms with Crippen molar-refractivity contribution in [3.05, 3.63) is 28.8 Å². The zero-order valence-electron chi connectivity index (χ0n) is 13.1. The molecule has 116 valence electrons. The second-order valence-corrected chi connectivity index (χ2v) is 6.55. The minimum absolute atomic E-state index is 0.00757. The maximum atomic E-state index is 12.7. The van der Waals surface area contributed by atoms with Crippen LogP contribution in [0.1, 0.15) is 19.4 Å². The van der Waals surface area contributed by atoms with Crippen LogP contribution in [-0.4, -0.2) is 54.5 Å². The highest BCUT2D eigenvalue weighted by atomic mass is 35.5. The second kappa shape index (κ2) is 6.24.